The van der Waals surface area contributed by atoms with E-state index in [1.165, 1.54) is 0 Å². The molecule has 0 bridgehead atoms. The Kier molecular flexibility index (Phi) is 3.02. The van der Waals surface area contributed by atoms with E-state index >= 15 is 0 Å². The molecule has 1 aromatic carbocycles. The second-order valence-corrected chi connectivity index (χ2v) is 3.43. The van der Waals surface area contributed by atoms with Gasteiger partial charge in [0.15, 0.2) is 6.10 Å². The number of nitrogens with one attached hydrogen (secondary N) is 1. The van der Waals surface area contributed by atoms with Crippen molar-refractivity contribution in [3.63, 3.8) is 0 Å². The number of carbonyl (C=O) groups is 1. The molecule has 1 N–H and O–H groups in total. The number of anilines is 1. The summed E-state index contributed by atoms with van der Waals surface area (Å²) in [6, 6.07) is 9.40. The van der Waals surface area contributed by atoms with E-state index in [2.05, 4.69) is 5.32 Å². The third-order valence-electron chi connectivity index (χ3n) is 2.27. The topological polar surface area (TPSA) is 38.3 Å². The molecule has 78 valence electrons. The van der Waals surface area contributed by atoms with Gasteiger partial charge in [0.05, 0.1) is 6.26 Å². The van der Waals surface area contributed by atoms with Crippen LogP contribution in [0, 0.1) is 0 Å². The van der Waals surface area contributed by atoms with Gasteiger partial charge >= 0.3 is 0 Å². The Morgan fingerprint density at radius 1 is 1.33 bits per heavy atom. The largest absolute Gasteiger partial charge is 0.489 e. The SMILES string of the molecule is O=C(Nc1ccccc1)C1CCC=CO1. The maximum Gasteiger partial charge on any atom is 0.265 e. The monoisotopic (exact) mass is 203 g/mol. The summed E-state index contributed by atoms with van der Waals surface area (Å²) in [5, 5.41) is 2.81. The maximum absolute atomic E-state index is 11.7. The lowest BCUT2D eigenvalue weighted by atomic mass is 10.1. The van der Waals surface area contributed by atoms with Crippen LogP contribution in [0.15, 0.2) is 42.7 Å². The molecular formula is C12H13NO2. The molecule has 0 aromatic heterocycles. The molecule has 2 rings (SSSR count). The summed E-state index contributed by atoms with van der Waals surface area (Å²) in [6.45, 7) is 0. The zero-order valence-electron chi connectivity index (χ0n) is 8.35. The number of rotatable bonds is 2. The van der Waals surface area contributed by atoms with Gasteiger partial charge < -0.3 is 10.1 Å². The summed E-state index contributed by atoms with van der Waals surface area (Å²) < 4.78 is 5.22. The Balaban J connectivity index is 1.95. The summed E-state index contributed by atoms with van der Waals surface area (Å²) in [5.41, 5.74) is 0.806. The lowest BCUT2D eigenvalue weighted by Crippen LogP contribution is -2.30. The van der Waals surface area contributed by atoms with Gasteiger partial charge in [0.2, 0.25) is 0 Å². The maximum atomic E-state index is 11.7. The van der Waals surface area contributed by atoms with Crippen molar-refractivity contribution in [1.82, 2.24) is 0 Å². The highest BCUT2D eigenvalue weighted by molar-refractivity contribution is 5.94. The lowest BCUT2D eigenvalue weighted by molar-refractivity contribution is -0.125. The van der Waals surface area contributed by atoms with Crippen molar-refractivity contribution in [3.05, 3.63) is 42.7 Å². The zero-order valence-corrected chi connectivity index (χ0v) is 8.35. The van der Waals surface area contributed by atoms with Crippen molar-refractivity contribution in [2.75, 3.05) is 5.32 Å². The molecule has 1 amide bonds. The predicted octanol–water partition coefficient (Wildman–Crippen LogP) is 2.32. The van der Waals surface area contributed by atoms with E-state index in [0.717, 1.165) is 18.5 Å². The van der Waals surface area contributed by atoms with Crippen LogP contribution < -0.4 is 5.32 Å². The van der Waals surface area contributed by atoms with Crippen molar-refractivity contribution in [1.29, 1.82) is 0 Å². The highest BCUT2D eigenvalue weighted by Gasteiger charge is 2.19. The van der Waals surface area contributed by atoms with E-state index in [9.17, 15) is 4.79 Å². The van der Waals surface area contributed by atoms with E-state index in [0.29, 0.717) is 0 Å². The molecule has 1 aliphatic rings. The number of para-hydroxylation sites is 1. The Morgan fingerprint density at radius 3 is 2.80 bits per heavy atom. The van der Waals surface area contributed by atoms with Crippen LogP contribution in [0.25, 0.3) is 0 Å². The van der Waals surface area contributed by atoms with Gasteiger partial charge in [-0.25, -0.2) is 0 Å². The summed E-state index contributed by atoms with van der Waals surface area (Å²) in [5.74, 6) is -0.0782. The second-order valence-electron chi connectivity index (χ2n) is 3.43. The Hall–Kier alpha value is -1.77. The number of hydrogen-bond donors (Lipinski definition) is 1. The minimum atomic E-state index is -0.352. The quantitative estimate of drug-likeness (QED) is 0.801. The van der Waals surface area contributed by atoms with Crippen LogP contribution in [-0.2, 0) is 9.53 Å². The predicted molar refractivity (Wildman–Crippen MR) is 58.3 cm³/mol. The molecule has 3 heteroatoms. The van der Waals surface area contributed by atoms with Gasteiger partial charge in [0.1, 0.15) is 0 Å². The third-order valence-corrected chi connectivity index (χ3v) is 2.27. The van der Waals surface area contributed by atoms with E-state index in [1.807, 2.05) is 36.4 Å². The Bertz CT molecular complexity index is 359. The number of carbonyl (C=O) groups excluding carboxylic acids is 1. The number of ether oxygens (including phenoxy) is 1. The van der Waals surface area contributed by atoms with Crippen molar-refractivity contribution in [2.45, 2.75) is 18.9 Å². The molecule has 1 heterocycles. The molecule has 0 spiro atoms. The minimum Gasteiger partial charge on any atom is -0.489 e. The van der Waals surface area contributed by atoms with Crippen LogP contribution in [-0.4, -0.2) is 12.0 Å². The average Bonchev–Trinajstić information content (AvgIpc) is 2.31. The average molecular weight is 203 g/mol. The van der Waals surface area contributed by atoms with Gasteiger partial charge in [-0.3, -0.25) is 4.79 Å². The Morgan fingerprint density at radius 2 is 2.13 bits per heavy atom. The summed E-state index contributed by atoms with van der Waals surface area (Å²) >= 11 is 0. The molecule has 0 fully saturated rings. The third kappa shape index (κ3) is 2.59. The molecule has 1 aromatic rings. The van der Waals surface area contributed by atoms with Gasteiger partial charge in [-0.1, -0.05) is 18.2 Å². The first kappa shape index (κ1) is 9.77. The molecule has 0 saturated heterocycles. The summed E-state index contributed by atoms with van der Waals surface area (Å²) in [7, 11) is 0. The molecular weight excluding hydrogens is 190 g/mol. The van der Waals surface area contributed by atoms with Crippen molar-refractivity contribution < 1.29 is 9.53 Å². The van der Waals surface area contributed by atoms with Gasteiger partial charge in [0, 0.05) is 5.69 Å². The van der Waals surface area contributed by atoms with Crippen LogP contribution in [0.2, 0.25) is 0 Å². The summed E-state index contributed by atoms with van der Waals surface area (Å²) in [6.07, 6.45) is 4.81. The lowest BCUT2D eigenvalue weighted by Gasteiger charge is -2.18. The van der Waals surface area contributed by atoms with Gasteiger partial charge in [-0.05, 0) is 31.1 Å². The first-order valence-electron chi connectivity index (χ1n) is 5.02. The molecule has 1 unspecified atom stereocenters. The molecule has 0 radical (unpaired) electrons. The highest BCUT2D eigenvalue weighted by Crippen LogP contribution is 2.13. The van der Waals surface area contributed by atoms with E-state index in [1.54, 1.807) is 6.26 Å². The van der Waals surface area contributed by atoms with Crippen LogP contribution in [0.4, 0.5) is 5.69 Å². The van der Waals surface area contributed by atoms with E-state index in [-0.39, 0.29) is 12.0 Å². The number of benzene rings is 1. The van der Waals surface area contributed by atoms with Gasteiger partial charge in [-0.15, -0.1) is 0 Å². The van der Waals surface area contributed by atoms with Crippen LogP contribution in [0.5, 0.6) is 0 Å². The Labute approximate surface area is 88.8 Å². The van der Waals surface area contributed by atoms with Crippen LogP contribution >= 0.6 is 0 Å². The highest BCUT2D eigenvalue weighted by atomic mass is 16.5. The molecule has 15 heavy (non-hydrogen) atoms. The number of hydrogen-bond acceptors (Lipinski definition) is 2. The van der Waals surface area contributed by atoms with Crippen LogP contribution in [0.1, 0.15) is 12.8 Å². The first-order chi connectivity index (χ1) is 7.36. The number of allylic oxidation sites excluding steroid dienone is 1. The fourth-order valence-corrected chi connectivity index (χ4v) is 1.47. The molecule has 0 aliphatic carbocycles. The summed E-state index contributed by atoms with van der Waals surface area (Å²) in [4.78, 5) is 11.7. The fourth-order valence-electron chi connectivity index (χ4n) is 1.47. The second kappa shape index (κ2) is 4.64. The van der Waals surface area contributed by atoms with Crippen LogP contribution in [0.3, 0.4) is 0 Å². The van der Waals surface area contributed by atoms with Crippen molar-refractivity contribution in [3.8, 4) is 0 Å². The normalized spacial score (nSPS) is 19.3. The molecule has 3 nitrogen and oxygen atoms in total. The number of amides is 1. The van der Waals surface area contributed by atoms with Crippen molar-refractivity contribution >= 4 is 11.6 Å². The van der Waals surface area contributed by atoms with Crippen molar-refractivity contribution in [2.24, 2.45) is 0 Å². The zero-order chi connectivity index (χ0) is 10.5. The van der Waals surface area contributed by atoms with Gasteiger partial charge in [0.25, 0.3) is 5.91 Å². The first-order valence-corrected chi connectivity index (χ1v) is 5.02. The molecule has 1 aliphatic heterocycles. The van der Waals surface area contributed by atoms with E-state index < -0.39 is 0 Å². The fraction of sp³-hybridized carbons (Fsp3) is 0.250. The van der Waals surface area contributed by atoms with Gasteiger partial charge in [-0.2, -0.15) is 0 Å². The molecule has 0 saturated carbocycles. The smallest absolute Gasteiger partial charge is 0.265 e. The molecule has 1 atom stereocenters. The van der Waals surface area contributed by atoms with E-state index in [4.69, 9.17) is 4.74 Å². The minimum absolute atomic E-state index is 0.0782. The standard InChI is InChI=1S/C12H13NO2/c14-12(11-8-4-5-9-15-11)13-10-6-2-1-3-7-10/h1-3,5-7,9,11H,4,8H2,(H,13,14).